The van der Waals surface area contributed by atoms with Crippen molar-refractivity contribution in [2.24, 2.45) is 17.8 Å². The highest BCUT2D eigenvalue weighted by molar-refractivity contribution is 5.85. The molecule has 0 nitrogen and oxygen atoms in total. The van der Waals surface area contributed by atoms with Crippen LogP contribution in [0.3, 0.4) is 0 Å². The fraction of sp³-hybridized carbons (Fsp3) is 0.600. The first-order valence-electron chi connectivity index (χ1n) is 13.1. The number of rotatable bonds is 9. The smallest absolute Gasteiger partial charge is 0.134 e. The fourth-order valence-corrected chi connectivity index (χ4v) is 6.53. The largest absolute Gasteiger partial charge is 0.207 e. The van der Waals surface area contributed by atoms with Crippen LogP contribution in [-0.4, -0.2) is 0 Å². The van der Waals surface area contributed by atoms with Crippen molar-refractivity contribution >= 4 is 10.8 Å². The van der Waals surface area contributed by atoms with Gasteiger partial charge >= 0.3 is 0 Å². The Morgan fingerprint density at radius 3 is 2.59 bits per heavy atom. The third-order valence-corrected chi connectivity index (χ3v) is 8.40. The molecular weight excluding hydrogens is 398 g/mol. The van der Waals surface area contributed by atoms with Crippen LogP contribution in [0.2, 0.25) is 0 Å². The third-order valence-electron chi connectivity index (χ3n) is 8.40. The number of hydrogen-bond donors (Lipinski definition) is 0. The van der Waals surface area contributed by atoms with Crippen LogP contribution in [0.5, 0.6) is 0 Å². The molecule has 0 amide bonds. The molecule has 2 aromatic carbocycles. The van der Waals surface area contributed by atoms with Crippen LogP contribution < -0.4 is 0 Å². The van der Waals surface area contributed by atoms with E-state index < -0.39 is 0 Å². The van der Waals surface area contributed by atoms with Crippen molar-refractivity contribution in [3.63, 3.8) is 0 Å². The molecular formula is C30H40F2. The Bertz CT molecular complexity index is 915. The maximum absolute atomic E-state index is 15.5. The van der Waals surface area contributed by atoms with Gasteiger partial charge in [0.1, 0.15) is 11.6 Å². The van der Waals surface area contributed by atoms with E-state index in [0.29, 0.717) is 17.4 Å². The lowest BCUT2D eigenvalue weighted by Gasteiger charge is -2.42. The molecule has 2 fully saturated rings. The Labute approximate surface area is 193 Å². The summed E-state index contributed by atoms with van der Waals surface area (Å²) in [7, 11) is 0. The molecule has 174 valence electrons. The summed E-state index contributed by atoms with van der Waals surface area (Å²) in [6.07, 6.45) is 17.5. The predicted molar refractivity (Wildman–Crippen MR) is 132 cm³/mol. The summed E-state index contributed by atoms with van der Waals surface area (Å²) in [6, 6.07) is 7.22. The average molecular weight is 439 g/mol. The summed E-state index contributed by atoms with van der Waals surface area (Å²) in [5.41, 5.74) is 1.47. The summed E-state index contributed by atoms with van der Waals surface area (Å²) < 4.78 is 30.1. The zero-order valence-electron chi connectivity index (χ0n) is 19.9. The second-order valence-electron chi connectivity index (χ2n) is 10.5. The molecule has 0 radical (unpaired) electrons. The molecule has 2 aliphatic rings. The molecule has 2 heteroatoms. The van der Waals surface area contributed by atoms with Gasteiger partial charge in [-0.1, -0.05) is 63.7 Å². The Morgan fingerprint density at radius 1 is 0.969 bits per heavy atom. The molecule has 0 N–H and O–H groups in total. The maximum atomic E-state index is 15.5. The third kappa shape index (κ3) is 5.26. The summed E-state index contributed by atoms with van der Waals surface area (Å²) in [6.45, 7) is 5.99. The lowest BCUT2D eigenvalue weighted by Crippen LogP contribution is -2.30. The lowest BCUT2D eigenvalue weighted by molar-refractivity contribution is 0.112. The van der Waals surface area contributed by atoms with E-state index in [1.165, 1.54) is 63.9 Å². The van der Waals surface area contributed by atoms with E-state index in [2.05, 4.69) is 13.5 Å². The first kappa shape index (κ1) is 23.5. The van der Waals surface area contributed by atoms with E-state index in [1.807, 2.05) is 18.2 Å². The molecule has 0 saturated heterocycles. The van der Waals surface area contributed by atoms with Crippen LogP contribution in [-0.2, 0) is 6.42 Å². The molecule has 0 bridgehead atoms. The first-order valence-corrected chi connectivity index (χ1v) is 13.1. The van der Waals surface area contributed by atoms with Gasteiger partial charge in [0.15, 0.2) is 0 Å². The van der Waals surface area contributed by atoms with Crippen molar-refractivity contribution in [3.8, 4) is 0 Å². The molecule has 0 aromatic heterocycles. The first-order chi connectivity index (χ1) is 15.6. The monoisotopic (exact) mass is 438 g/mol. The highest BCUT2D eigenvalue weighted by Crippen LogP contribution is 2.49. The minimum Gasteiger partial charge on any atom is -0.207 e. The van der Waals surface area contributed by atoms with Gasteiger partial charge in [0, 0.05) is 5.39 Å². The van der Waals surface area contributed by atoms with E-state index in [0.717, 1.165) is 48.0 Å². The quantitative estimate of drug-likeness (QED) is 0.270. The molecule has 0 aliphatic heterocycles. The van der Waals surface area contributed by atoms with Crippen molar-refractivity contribution in [1.82, 2.24) is 0 Å². The predicted octanol–water partition coefficient (Wildman–Crippen LogP) is 9.51. The van der Waals surface area contributed by atoms with Crippen molar-refractivity contribution in [2.45, 2.75) is 96.3 Å². The molecule has 32 heavy (non-hydrogen) atoms. The minimum absolute atomic E-state index is 0.190. The van der Waals surface area contributed by atoms with Gasteiger partial charge in [0.2, 0.25) is 0 Å². The minimum atomic E-state index is -0.295. The molecule has 2 unspecified atom stereocenters. The average Bonchev–Trinajstić information content (AvgIpc) is 2.81. The van der Waals surface area contributed by atoms with E-state index in [1.54, 1.807) is 6.08 Å². The van der Waals surface area contributed by atoms with Crippen molar-refractivity contribution < 1.29 is 8.78 Å². The molecule has 4 rings (SSSR count). The zero-order valence-corrected chi connectivity index (χ0v) is 19.9. The van der Waals surface area contributed by atoms with Crippen molar-refractivity contribution in [3.05, 3.63) is 59.7 Å². The Balaban J connectivity index is 1.42. The summed E-state index contributed by atoms with van der Waals surface area (Å²) in [5.74, 6) is 2.30. The van der Waals surface area contributed by atoms with Gasteiger partial charge in [-0.05, 0) is 97.3 Å². The molecule has 2 aliphatic carbocycles. The standard InChI is InChI=1S/C30H40F2/c1-3-5-7-8-9-21-11-12-23-18-24(14-13-22(23)17-21)27-16-15-25-19-26(10-6-4-2)29(31)20-28(25)30(27)32/h4,15-16,19-24H,2-3,5-14,17-18H2,1H3/t21?,22-,23?,24-/m1/s1. The number of fused-ring (bicyclic) bond motifs is 2. The lowest BCUT2D eigenvalue weighted by atomic mass is 9.63. The number of unbranched alkanes of at least 4 members (excludes halogenated alkanes) is 3. The van der Waals surface area contributed by atoms with Gasteiger partial charge in [-0.15, -0.1) is 6.58 Å². The van der Waals surface area contributed by atoms with E-state index >= 15 is 4.39 Å². The van der Waals surface area contributed by atoms with Gasteiger partial charge in [0.05, 0.1) is 0 Å². The number of hydrogen-bond acceptors (Lipinski definition) is 0. The van der Waals surface area contributed by atoms with E-state index in [9.17, 15) is 4.39 Å². The van der Waals surface area contributed by atoms with Crippen LogP contribution in [0.15, 0.2) is 36.9 Å². The second kappa shape index (κ2) is 10.9. The van der Waals surface area contributed by atoms with Crippen LogP contribution >= 0.6 is 0 Å². The number of allylic oxidation sites excluding steroid dienone is 1. The topological polar surface area (TPSA) is 0 Å². The van der Waals surface area contributed by atoms with Gasteiger partial charge in [-0.3, -0.25) is 0 Å². The van der Waals surface area contributed by atoms with Crippen LogP contribution in [0.25, 0.3) is 10.8 Å². The zero-order chi connectivity index (χ0) is 22.5. The number of aryl methyl sites for hydroxylation is 1. The van der Waals surface area contributed by atoms with E-state index in [-0.39, 0.29) is 17.6 Å². The molecule has 0 spiro atoms. The summed E-state index contributed by atoms with van der Waals surface area (Å²) in [4.78, 5) is 0. The van der Waals surface area contributed by atoms with Gasteiger partial charge in [-0.2, -0.15) is 0 Å². The molecule has 0 heterocycles. The van der Waals surface area contributed by atoms with Crippen molar-refractivity contribution in [2.75, 3.05) is 0 Å². The highest BCUT2D eigenvalue weighted by Gasteiger charge is 2.36. The van der Waals surface area contributed by atoms with Gasteiger partial charge in [0.25, 0.3) is 0 Å². The number of benzene rings is 2. The van der Waals surface area contributed by atoms with Gasteiger partial charge < -0.3 is 0 Å². The second-order valence-corrected chi connectivity index (χ2v) is 10.5. The molecule has 2 aromatic rings. The summed E-state index contributed by atoms with van der Waals surface area (Å²) >= 11 is 0. The number of halogens is 2. The Kier molecular flexibility index (Phi) is 8.02. The maximum Gasteiger partial charge on any atom is 0.134 e. The Hall–Kier alpha value is -1.70. The Morgan fingerprint density at radius 2 is 1.78 bits per heavy atom. The fourth-order valence-electron chi connectivity index (χ4n) is 6.53. The summed E-state index contributed by atoms with van der Waals surface area (Å²) in [5, 5.41) is 1.25. The van der Waals surface area contributed by atoms with Crippen LogP contribution in [0.1, 0.15) is 101 Å². The van der Waals surface area contributed by atoms with Crippen molar-refractivity contribution in [1.29, 1.82) is 0 Å². The van der Waals surface area contributed by atoms with Crippen LogP contribution in [0.4, 0.5) is 8.78 Å². The SMILES string of the molecule is C=CCCc1cc2ccc([C@@H]3CC[C@@H]4CC(CCCCCC)CCC4C3)c(F)c2cc1F. The molecule has 2 saturated carbocycles. The normalized spacial score (nSPS) is 25.6. The highest BCUT2D eigenvalue weighted by atomic mass is 19.1. The molecule has 4 atom stereocenters. The van der Waals surface area contributed by atoms with Gasteiger partial charge in [-0.25, -0.2) is 8.78 Å². The van der Waals surface area contributed by atoms with E-state index in [4.69, 9.17) is 0 Å². The van der Waals surface area contributed by atoms with Crippen LogP contribution in [0, 0.1) is 29.4 Å².